The molecule has 16 heavy (non-hydrogen) atoms. The first-order valence-corrected chi connectivity index (χ1v) is 8.43. The Hall–Kier alpha value is -1.20. The van der Waals surface area contributed by atoms with Crippen molar-refractivity contribution in [2.45, 2.75) is 38.9 Å². The smallest absolute Gasteiger partial charge is 0.250 e. The summed E-state index contributed by atoms with van der Waals surface area (Å²) in [4.78, 5) is 0. The lowest BCUT2D eigenvalue weighted by atomic mass is 10.2. The van der Waals surface area contributed by atoms with E-state index in [1.54, 1.807) is 0 Å². The van der Waals surface area contributed by atoms with Crippen LogP contribution in [0.2, 0.25) is 18.1 Å². The molecule has 0 atom stereocenters. The van der Waals surface area contributed by atoms with Gasteiger partial charge >= 0.3 is 0 Å². The first-order chi connectivity index (χ1) is 7.26. The number of rotatable bonds is 2. The van der Waals surface area contributed by atoms with Gasteiger partial charge in [-0.1, -0.05) is 32.8 Å². The lowest BCUT2D eigenvalue weighted by molar-refractivity contribution is 0.492. The van der Waals surface area contributed by atoms with Gasteiger partial charge in [0.2, 0.25) is 8.32 Å². The Bertz CT molecular complexity index is 407. The SMILES string of the molecule is C#Cc1cccc(O[Si](C)(C)C(C)(C)C)c1. The third-order valence-corrected chi connectivity index (χ3v) is 7.54. The van der Waals surface area contributed by atoms with Gasteiger partial charge in [-0.15, -0.1) is 6.42 Å². The summed E-state index contributed by atoms with van der Waals surface area (Å²) in [6.07, 6.45) is 5.37. The lowest BCUT2D eigenvalue weighted by Gasteiger charge is -2.36. The summed E-state index contributed by atoms with van der Waals surface area (Å²) in [5.74, 6) is 3.52. The molecule has 0 radical (unpaired) electrons. The van der Waals surface area contributed by atoms with Crippen LogP contribution in [0.4, 0.5) is 0 Å². The molecular weight excluding hydrogens is 212 g/mol. The summed E-state index contributed by atoms with van der Waals surface area (Å²) >= 11 is 0. The van der Waals surface area contributed by atoms with Crippen LogP contribution in [0, 0.1) is 12.3 Å². The van der Waals surface area contributed by atoms with Crippen molar-refractivity contribution in [2.75, 3.05) is 0 Å². The van der Waals surface area contributed by atoms with Crippen LogP contribution in [-0.4, -0.2) is 8.32 Å². The minimum atomic E-state index is -1.75. The zero-order valence-corrected chi connectivity index (χ0v) is 11.8. The maximum Gasteiger partial charge on any atom is 0.250 e. The van der Waals surface area contributed by atoms with Gasteiger partial charge in [-0.2, -0.15) is 0 Å². The van der Waals surface area contributed by atoms with Gasteiger partial charge in [0.05, 0.1) is 0 Å². The van der Waals surface area contributed by atoms with Gasteiger partial charge in [-0.25, -0.2) is 0 Å². The zero-order chi connectivity index (χ0) is 12.4. The van der Waals surface area contributed by atoms with E-state index >= 15 is 0 Å². The van der Waals surface area contributed by atoms with Crippen LogP contribution in [0.1, 0.15) is 26.3 Å². The van der Waals surface area contributed by atoms with E-state index in [0.29, 0.717) is 0 Å². The van der Waals surface area contributed by atoms with Crippen LogP contribution < -0.4 is 4.43 Å². The molecular formula is C14H20OSi. The molecule has 1 aromatic carbocycles. The lowest BCUT2D eigenvalue weighted by Crippen LogP contribution is -2.43. The molecule has 0 amide bonds. The number of benzene rings is 1. The zero-order valence-electron chi connectivity index (χ0n) is 10.8. The number of hydrogen-bond acceptors (Lipinski definition) is 1. The van der Waals surface area contributed by atoms with Crippen LogP contribution in [0.5, 0.6) is 5.75 Å². The fraction of sp³-hybridized carbons (Fsp3) is 0.429. The molecule has 1 nitrogen and oxygen atoms in total. The Morgan fingerprint density at radius 1 is 1.25 bits per heavy atom. The van der Waals surface area contributed by atoms with Crippen LogP contribution >= 0.6 is 0 Å². The monoisotopic (exact) mass is 232 g/mol. The Labute approximate surface area is 100.0 Å². The molecule has 0 aliphatic heterocycles. The molecule has 1 rings (SSSR count). The average molecular weight is 232 g/mol. The van der Waals surface area contributed by atoms with Gasteiger partial charge in [0.15, 0.2) is 0 Å². The molecule has 0 aliphatic carbocycles. The quantitative estimate of drug-likeness (QED) is 0.552. The molecule has 86 valence electrons. The third-order valence-electron chi connectivity index (χ3n) is 3.18. The second-order valence-electron chi connectivity index (χ2n) is 5.53. The van der Waals surface area contributed by atoms with Gasteiger partial charge in [0, 0.05) is 5.56 Å². The maximum absolute atomic E-state index is 6.15. The van der Waals surface area contributed by atoms with Crippen molar-refractivity contribution in [2.24, 2.45) is 0 Å². The summed E-state index contributed by atoms with van der Waals surface area (Å²) < 4.78 is 6.15. The topological polar surface area (TPSA) is 9.23 Å². The summed E-state index contributed by atoms with van der Waals surface area (Å²) in [7, 11) is -1.75. The molecule has 0 N–H and O–H groups in total. The van der Waals surface area contributed by atoms with Crippen LogP contribution in [0.25, 0.3) is 0 Å². The highest BCUT2D eigenvalue weighted by atomic mass is 28.4. The molecule has 0 heterocycles. The summed E-state index contributed by atoms with van der Waals surface area (Å²) in [6, 6.07) is 7.76. The van der Waals surface area contributed by atoms with E-state index in [2.05, 4.69) is 39.8 Å². The number of terminal acetylenes is 1. The molecule has 0 fully saturated rings. The molecule has 1 aromatic rings. The molecule has 0 saturated heterocycles. The standard InChI is InChI=1S/C14H20OSi/c1-7-12-9-8-10-13(11-12)15-16(5,6)14(2,3)4/h1,8-11H,2-6H3. The van der Waals surface area contributed by atoms with Gasteiger partial charge in [0.1, 0.15) is 5.75 Å². The van der Waals surface area contributed by atoms with Crippen molar-refractivity contribution in [3.63, 3.8) is 0 Å². The summed E-state index contributed by atoms with van der Waals surface area (Å²) in [5.41, 5.74) is 0.871. The highest BCUT2D eigenvalue weighted by Gasteiger charge is 2.38. The van der Waals surface area contributed by atoms with Crippen LogP contribution in [0.15, 0.2) is 24.3 Å². The van der Waals surface area contributed by atoms with Crippen molar-refractivity contribution < 1.29 is 4.43 Å². The predicted octanol–water partition coefficient (Wildman–Crippen LogP) is 4.05. The van der Waals surface area contributed by atoms with E-state index in [4.69, 9.17) is 10.8 Å². The largest absolute Gasteiger partial charge is 0.543 e. The molecule has 0 saturated carbocycles. The average Bonchev–Trinajstić information content (AvgIpc) is 2.15. The molecule has 2 heteroatoms. The molecule has 0 unspecified atom stereocenters. The molecule has 0 aromatic heterocycles. The van der Waals surface area contributed by atoms with Gasteiger partial charge in [0.25, 0.3) is 0 Å². The van der Waals surface area contributed by atoms with Crippen molar-refractivity contribution in [1.82, 2.24) is 0 Å². The van der Waals surface area contributed by atoms with E-state index in [1.807, 2.05) is 24.3 Å². The highest BCUT2D eigenvalue weighted by molar-refractivity contribution is 6.74. The minimum Gasteiger partial charge on any atom is -0.543 e. The van der Waals surface area contributed by atoms with E-state index in [0.717, 1.165) is 11.3 Å². The Balaban J connectivity index is 2.93. The summed E-state index contributed by atoms with van der Waals surface area (Å²) in [6.45, 7) is 11.1. The minimum absolute atomic E-state index is 0.207. The molecule has 0 spiro atoms. The van der Waals surface area contributed by atoms with Crippen molar-refractivity contribution in [3.8, 4) is 18.1 Å². The maximum atomic E-state index is 6.15. The van der Waals surface area contributed by atoms with E-state index in [-0.39, 0.29) is 5.04 Å². The van der Waals surface area contributed by atoms with E-state index < -0.39 is 8.32 Å². The molecule has 0 bridgehead atoms. The number of hydrogen-bond donors (Lipinski definition) is 0. The third kappa shape index (κ3) is 2.90. The normalized spacial score (nSPS) is 12.0. The Morgan fingerprint density at radius 2 is 1.88 bits per heavy atom. The second kappa shape index (κ2) is 4.35. The van der Waals surface area contributed by atoms with Crippen LogP contribution in [-0.2, 0) is 0 Å². The summed E-state index contributed by atoms with van der Waals surface area (Å²) in [5, 5.41) is 0.207. The Morgan fingerprint density at radius 3 is 2.38 bits per heavy atom. The first kappa shape index (κ1) is 12.9. The highest BCUT2D eigenvalue weighted by Crippen LogP contribution is 2.37. The van der Waals surface area contributed by atoms with Gasteiger partial charge in [-0.05, 0) is 36.3 Å². The van der Waals surface area contributed by atoms with Gasteiger partial charge < -0.3 is 4.43 Å². The first-order valence-electron chi connectivity index (χ1n) is 5.52. The van der Waals surface area contributed by atoms with Crippen molar-refractivity contribution >= 4 is 8.32 Å². The van der Waals surface area contributed by atoms with Crippen molar-refractivity contribution in [1.29, 1.82) is 0 Å². The van der Waals surface area contributed by atoms with Gasteiger partial charge in [-0.3, -0.25) is 0 Å². The van der Waals surface area contributed by atoms with E-state index in [9.17, 15) is 0 Å². The predicted molar refractivity (Wildman–Crippen MR) is 72.2 cm³/mol. The molecule has 0 aliphatic rings. The van der Waals surface area contributed by atoms with Crippen molar-refractivity contribution in [3.05, 3.63) is 29.8 Å². The van der Waals surface area contributed by atoms with E-state index in [1.165, 1.54) is 0 Å². The Kier molecular flexibility index (Phi) is 3.50. The van der Waals surface area contributed by atoms with Crippen LogP contribution in [0.3, 0.4) is 0 Å². The fourth-order valence-electron chi connectivity index (χ4n) is 1.10. The second-order valence-corrected chi connectivity index (χ2v) is 10.3. The fourth-order valence-corrected chi connectivity index (χ4v) is 2.12.